The van der Waals surface area contributed by atoms with E-state index in [4.69, 9.17) is 21.4 Å². The molecule has 0 atom stereocenters. The molecule has 0 unspecified atom stereocenters. The van der Waals surface area contributed by atoms with Crippen molar-refractivity contribution in [2.24, 2.45) is 0 Å². The lowest BCUT2D eigenvalue weighted by Gasteiger charge is -2.10. The minimum atomic E-state index is -0.947. The molecule has 0 saturated carbocycles. The predicted octanol–water partition coefficient (Wildman–Crippen LogP) is 3.03. The molecule has 5 heteroatoms. The summed E-state index contributed by atoms with van der Waals surface area (Å²) in [6.07, 6.45) is 1.75. The van der Waals surface area contributed by atoms with Gasteiger partial charge in [-0.1, -0.05) is 23.7 Å². The van der Waals surface area contributed by atoms with E-state index in [1.54, 1.807) is 25.4 Å². The Labute approximate surface area is 116 Å². The molecule has 1 heterocycles. The fraction of sp³-hybridized carbons (Fsp3) is 0.214. The van der Waals surface area contributed by atoms with Crippen molar-refractivity contribution in [2.75, 3.05) is 7.11 Å². The Bertz CT molecular complexity index is 592. The van der Waals surface area contributed by atoms with Gasteiger partial charge in [-0.3, -0.25) is 0 Å². The van der Waals surface area contributed by atoms with E-state index in [1.165, 1.54) is 0 Å². The number of carboxylic acids is 1. The summed E-state index contributed by atoms with van der Waals surface area (Å²) >= 11 is 5.94. The second-order valence-corrected chi connectivity index (χ2v) is 4.61. The number of nitrogens with zero attached hydrogens (tertiary/aromatic N) is 1. The summed E-state index contributed by atoms with van der Waals surface area (Å²) in [4.78, 5) is 11.1. The van der Waals surface area contributed by atoms with Gasteiger partial charge < -0.3 is 14.4 Å². The molecule has 0 saturated heterocycles. The van der Waals surface area contributed by atoms with E-state index >= 15 is 0 Å². The van der Waals surface area contributed by atoms with Crippen LogP contribution in [-0.4, -0.2) is 22.8 Å². The number of hydrogen-bond acceptors (Lipinski definition) is 2. The summed E-state index contributed by atoms with van der Waals surface area (Å²) in [5.41, 5.74) is 1.93. The van der Waals surface area contributed by atoms with Crippen LogP contribution < -0.4 is 0 Å². The maximum absolute atomic E-state index is 11.1. The van der Waals surface area contributed by atoms with E-state index in [1.807, 2.05) is 22.8 Å². The number of methoxy groups -OCH3 is 1. The lowest BCUT2D eigenvalue weighted by atomic mass is 10.2. The number of aromatic carboxylic acids is 1. The Morgan fingerprint density at radius 2 is 2.21 bits per heavy atom. The lowest BCUT2D eigenvalue weighted by Crippen LogP contribution is -2.08. The van der Waals surface area contributed by atoms with Crippen LogP contribution in [0.1, 0.15) is 21.6 Å². The molecular weight excluding hydrogens is 266 g/mol. The van der Waals surface area contributed by atoms with Gasteiger partial charge in [-0.25, -0.2) is 4.79 Å². The molecule has 0 bridgehead atoms. The van der Waals surface area contributed by atoms with Gasteiger partial charge in [0.1, 0.15) is 0 Å². The molecule has 1 aromatic heterocycles. The highest BCUT2D eigenvalue weighted by molar-refractivity contribution is 6.30. The average molecular weight is 280 g/mol. The van der Waals surface area contributed by atoms with Gasteiger partial charge in [0.05, 0.1) is 17.9 Å². The molecule has 2 aromatic rings. The standard InChI is InChI=1S/C14H14ClNO3/c1-19-9-13-12(14(17)18)5-6-16(13)8-10-3-2-4-11(15)7-10/h2-7H,8-9H2,1H3,(H,17,18). The molecule has 100 valence electrons. The summed E-state index contributed by atoms with van der Waals surface area (Å²) in [5, 5.41) is 9.79. The van der Waals surface area contributed by atoms with Crippen LogP contribution in [0.5, 0.6) is 0 Å². The molecule has 0 aliphatic heterocycles. The third-order valence-electron chi connectivity index (χ3n) is 2.83. The largest absolute Gasteiger partial charge is 0.478 e. The van der Waals surface area contributed by atoms with Crippen molar-refractivity contribution in [1.82, 2.24) is 4.57 Å². The highest BCUT2D eigenvalue weighted by atomic mass is 35.5. The third kappa shape index (κ3) is 3.16. The van der Waals surface area contributed by atoms with Crippen LogP contribution in [0, 0.1) is 0 Å². The van der Waals surface area contributed by atoms with E-state index in [-0.39, 0.29) is 12.2 Å². The van der Waals surface area contributed by atoms with Gasteiger partial charge in [0, 0.05) is 24.9 Å². The van der Waals surface area contributed by atoms with Crippen LogP contribution in [0.4, 0.5) is 0 Å². The maximum atomic E-state index is 11.1. The van der Waals surface area contributed by atoms with Crippen LogP contribution in [0.2, 0.25) is 5.02 Å². The first-order valence-electron chi connectivity index (χ1n) is 5.76. The Balaban J connectivity index is 2.32. The molecule has 0 aliphatic rings. The van der Waals surface area contributed by atoms with Crippen molar-refractivity contribution in [2.45, 2.75) is 13.2 Å². The van der Waals surface area contributed by atoms with Crippen LogP contribution in [-0.2, 0) is 17.9 Å². The lowest BCUT2D eigenvalue weighted by molar-refractivity contribution is 0.0691. The van der Waals surface area contributed by atoms with Crippen molar-refractivity contribution in [3.05, 3.63) is 58.4 Å². The van der Waals surface area contributed by atoms with Gasteiger partial charge >= 0.3 is 5.97 Å². The van der Waals surface area contributed by atoms with E-state index in [9.17, 15) is 4.79 Å². The minimum Gasteiger partial charge on any atom is -0.478 e. The Kier molecular flexibility index (Phi) is 4.24. The monoisotopic (exact) mass is 279 g/mol. The quantitative estimate of drug-likeness (QED) is 0.915. The van der Waals surface area contributed by atoms with Crippen molar-refractivity contribution in [3.63, 3.8) is 0 Å². The predicted molar refractivity (Wildman–Crippen MR) is 72.7 cm³/mol. The summed E-state index contributed by atoms with van der Waals surface area (Å²) in [7, 11) is 1.54. The SMILES string of the molecule is COCc1c(C(=O)O)ccn1Cc1cccc(Cl)c1. The first kappa shape index (κ1) is 13.6. The minimum absolute atomic E-state index is 0.259. The van der Waals surface area contributed by atoms with Crippen molar-refractivity contribution in [1.29, 1.82) is 0 Å². The van der Waals surface area contributed by atoms with Gasteiger partial charge in [-0.2, -0.15) is 0 Å². The van der Waals surface area contributed by atoms with E-state index in [2.05, 4.69) is 0 Å². The number of benzene rings is 1. The Morgan fingerprint density at radius 1 is 1.42 bits per heavy atom. The van der Waals surface area contributed by atoms with E-state index in [0.717, 1.165) is 5.56 Å². The Morgan fingerprint density at radius 3 is 2.84 bits per heavy atom. The zero-order valence-electron chi connectivity index (χ0n) is 10.5. The first-order chi connectivity index (χ1) is 9.11. The van der Waals surface area contributed by atoms with Gasteiger partial charge in [0.15, 0.2) is 0 Å². The average Bonchev–Trinajstić information content (AvgIpc) is 2.73. The Hall–Kier alpha value is -1.78. The molecule has 0 amide bonds. The van der Waals surface area contributed by atoms with E-state index in [0.29, 0.717) is 17.3 Å². The number of halogens is 1. The molecule has 4 nitrogen and oxygen atoms in total. The fourth-order valence-electron chi connectivity index (χ4n) is 1.98. The normalized spacial score (nSPS) is 10.6. The van der Waals surface area contributed by atoms with Crippen LogP contribution in [0.25, 0.3) is 0 Å². The second kappa shape index (κ2) is 5.91. The van der Waals surface area contributed by atoms with Gasteiger partial charge in [-0.15, -0.1) is 0 Å². The summed E-state index contributed by atoms with van der Waals surface area (Å²) < 4.78 is 6.93. The van der Waals surface area contributed by atoms with Gasteiger partial charge in [0.25, 0.3) is 0 Å². The molecule has 0 aliphatic carbocycles. The number of carbonyl (C=O) groups is 1. The summed E-state index contributed by atoms with van der Waals surface area (Å²) in [6, 6.07) is 9.07. The summed E-state index contributed by atoms with van der Waals surface area (Å²) in [6.45, 7) is 0.821. The maximum Gasteiger partial charge on any atom is 0.337 e. The molecule has 1 aromatic carbocycles. The topological polar surface area (TPSA) is 51.5 Å². The second-order valence-electron chi connectivity index (χ2n) is 4.17. The number of carboxylic acid groups (broad SMARTS) is 1. The van der Waals surface area contributed by atoms with Crippen LogP contribution >= 0.6 is 11.6 Å². The highest BCUT2D eigenvalue weighted by Crippen LogP contribution is 2.17. The molecule has 0 spiro atoms. The highest BCUT2D eigenvalue weighted by Gasteiger charge is 2.15. The van der Waals surface area contributed by atoms with E-state index < -0.39 is 5.97 Å². The zero-order valence-corrected chi connectivity index (χ0v) is 11.2. The number of rotatable bonds is 5. The smallest absolute Gasteiger partial charge is 0.337 e. The number of ether oxygens (including phenoxy) is 1. The van der Waals surface area contributed by atoms with Crippen molar-refractivity contribution < 1.29 is 14.6 Å². The first-order valence-corrected chi connectivity index (χ1v) is 6.14. The molecule has 19 heavy (non-hydrogen) atoms. The molecule has 0 fully saturated rings. The van der Waals surface area contributed by atoms with Crippen molar-refractivity contribution in [3.8, 4) is 0 Å². The zero-order chi connectivity index (χ0) is 13.8. The molecule has 1 N–H and O–H groups in total. The van der Waals surface area contributed by atoms with Gasteiger partial charge in [0.2, 0.25) is 0 Å². The molecule has 2 rings (SSSR count). The van der Waals surface area contributed by atoms with Crippen LogP contribution in [0.15, 0.2) is 36.5 Å². The summed E-state index contributed by atoms with van der Waals surface area (Å²) in [5.74, 6) is -0.947. The number of hydrogen-bond donors (Lipinski definition) is 1. The molecule has 0 radical (unpaired) electrons. The van der Waals surface area contributed by atoms with Crippen molar-refractivity contribution >= 4 is 17.6 Å². The van der Waals surface area contributed by atoms with Gasteiger partial charge in [-0.05, 0) is 23.8 Å². The fourth-order valence-corrected chi connectivity index (χ4v) is 2.19. The number of aromatic nitrogens is 1. The van der Waals surface area contributed by atoms with Crippen LogP contribution in [0.3, 0.4) is 0 Å². The molecular formula is C14H14ClNO3. The third-order valence-corrected chi connectivity index (χ3v) is 3.07.